The first-order valence-corrected chi connectivity index (χ1v) is 7.75. The van der Waals surface area contributed by atoms with Gasteiger partial charge in [-0.2, -0.15) is 0 Å². The highest BCUT2D eigenvalue weighted by atomic mass is 16.4. The van der Waals surface area contributed by atoms with Gasteiger partial charge >= 0.3 is 5.97 Å². The Morgan fingerprint density at radius 1 is 1.06 bits per heavy atom. The lowest BCUT2D eigenvalue weighted by atomic mass is 9.82. The van der Waals surface area contributed by atoms with Crippen LogP contribution < -0.4 is 0 Å². The zero-order valence-corrected chi connectivity index (χ0v) is 12.7. The summed E-state index contributed by atoms with van der Waals surface area (Å²) in [6.45, 7) is 8.62. The fourth-order valence-electron chi connectivity index (χ4n) is 2.45. The number of carboxylic acids is 1. The van der Waals surface area contributed by atoms with Crippen LogP contribution in [-0.4, -0.2) is 11.1 Å². The molecule has 0 aromatic carbocycles. The van der Waals surface area contributed by atoms with Crippen LogP contribution in [0.3, 0.4) is 0 Å². The molecule has 0 aromatic rings. The van der Waals surface area contributed by atoms with Crippen LogP contribution in [0, 0.1) is 17.8 Å². The van der Waals surface area contributed by atoms with Gasteiger partial charge < -0.3 is 5.11 Å². The van der Waals surface area contributed by atoms with Crippen molar-refractivity contribution in [3.63, 3.8) is 0 Å². The van der Waals surface area contributed by atoms with Crippen LogP contribution in [0.1, 0.15) is 79.1 Å². The van der Waals surface area contributed by atoms with Gasteiger partial charge in [0.1, 0.15) is 0 Å². The molecule has 0 fully saturated rings. The van der Waals surface area contributed by atoms with Gasteiger partial charge in [-0.1, -0.05) is 66.2 Å². The van der Waals surface area contributed by atoms with Crippen molar-refractivity contribution < 1.29 is 9.90 Å². The van der Waals surface area contributed by atoms with Gasteiger partial charge in [-0.05, 0) is 24.7 Å². The molecule has 3 atom stereocenters. The quantitative estimate of drug-likeness (QED) is 0.521. The summed E-state index contributed by atoms with van der Waals surface area (Å²) >= 11 is 0. The normalized spacial score (nSPS) is 16.2. The average molecular weight is 256 g/mol. The Morgan fingerprint density at radius 2 is 1.67 bits per heavy atom. The fraction of sp³-hybridized carbons (Fsp3) is 0.938. The van der Waals surface area contributed by atoms with E-state index in [4.69, 9.17) is 0 Å². The summed E-state index contributed by atoms with van der Waals surface area (Å²) in [7, 11) is 0. The minimum Gasteiger partial charge on any atom is -0.481 e. The highest BCUT2D eigenvalue weighted by Crippen LogP contribution is 2.26. The minimum atomic E-state index is -0.601. The zero-order chi connectivity index (χ0) is 14.0. The van der Waals surface area contributed by atoms with E-state index in [1.165, 1.54) is 32.1 Å². The van der Waals surface area contributed by atoms with Crippen molar-refractivity contribution in [3.05, 3.63) is 0 Å². The maximum absolute atomic E-state index is 11.3. The highest BCUT2D eigenvalue weighted by molar-refractivity contribution is 5.70. The second-order valence-electron chi connectivity index (χ2n) is 5.87. The number of carboxylic acid groups (broad SMARTS) is 1. The molecule has 108 valence electrons. The lowest BCUT2D eigenvalue weighted by Gasteiger charge is -2.22. The molecule has 1 N–H and O–H groups in total. The van der Waals surface area contributed by atoms with Crippen LogP contribution in [0.25, 0.3) is 0 Å². The van der Waals surface area contributed by atoms with Crippen LogP contribution in [0.5, 0.6) is 0 Å². The maximum atomic E-state index is 11.3. The van der Waals surface area contributed by atoms with Crippen LogP contribution in [0.15, 0.2) is 0 Å². The van der Waals surface area contributed by atoms with Crippen molar-refractivity contribution in [2.45, 2.75) is 79.1 Å². The molecular weight excluding hydrogens is 224 g/mol. The number of unbranched alkanes of at least 4 members (excludes halogenated alkanes) is 4. The van der Waals surface area contributed by atoms with Crippen molar-refractivity contribution in [1.29, 1.82) is 0 Å². The third-order valence-electron chi connectivity index (χ3n) is 4.12. The molecule has 0 rings (SSSR count). The van der Waals surface area contributed by atoms with Gasteiger partial charge in [0.2, 0.25) is 0 Å². The first kappa shape index (κ1) is 17.5. The molecule has 0 amide bonds. The Kier molecular flexibility index (Phi) is 10.1. The Balaban J connectivity index is 3.99. The van der Waals surface area contributed by atoms with E-state index in [1.54, 1.807) is 0 Å². The van der Waals surface area contributed by atoms with E-state index in [2.05, 4.69) is 27.7 Å². The highest BCUT2D eigenvalue weighted by Gasteiger charge is 2.25. The summed E-state index contributed by atoms with van der Waals surface area (Å²) in [6.07, 6.45) is 9.29. The third-order valence-corrected chi connectivity index (χ3v) is 4.12. The van der Waals surface area contributed by atoms with E-state index in [1.807, 2.05) is 0 Å². The molecule has 0 bridgehead atoms. The molecule has 0 radical (unpaired) electrons. The second-order valence-corrected chi connectivity index (χ2v) is 5.87. The van der Waals surface area contributed by atoms with Gasteiger partial charge in [-0.25, -0.2) is 0 Å². The maximum Gasteiger partial charge on any atom is 0.306 e. The van der Waals surface area contributed by atoms with E-state index in [0.29, 0.717) is 11.8 Å². The van der Waals surface area contributed by atoms with Gasteiger partial charge in [-0.15, -0.1) is 0 Å². The molecule has 0 heterocycles. The molecule has 18 heavy (non-hydrogen) atoms. The van der Waals surface area contributed by atoms with Crippen LogP contribution in [0.2, 0.25) is 0 Å². The lowest BCUT2D eigenvalue weighted by molar-refractivity contribution is -0.144. The molecule has 0 aliphatic rings. The molecule has 0 aliphatic heterocycles. The van der Waals surface area contributed by atoms with Crippen molar-refractivity contribution in [2.75, 3.05) is 0 Å². The largest absolute Gasteiger partial charge is 0.481 e. The number of carbonyl (C=O) groups is 1. The molecular formula is C16H32O2. The SMILES string of the molecule is CCCCCCCC(C)C(CC(C)CC)C(=O)O. The van der Waals surface area contributed by atoms with Gasteiger partial charge in [0, 0.05) is 0 Å². The second kappa shape index (κ2) is 10.4. The Bertz CT molecular complexity index is 213. The van der Waals surface area contributed by atoms with Gasteiger partial charge in [0.15, 0.2) is 0 Å². The standard InChI is InChI=1S/C16H32O2/c1-5-7-8-9-10-11-14(4)15(16(17)18)12-13(3)6-2/h13-15H,5-12H2,1-4H3,(H,17,18). The average Bonchev–Trinajstić information content (AvgIpc) is 2.34. The Morgan fingerprint density at radius 3 is 2.17 bits per heavy atom. The molecule has 0 saturated carbocycles. The fourth-order valence-corrected chi connectivity index (χ4v) is 2.45. The smallest absolute Gasteiger partial charge is 0.306 e. The Hall–Kier alpha value is -0.530. The van der Waals surface area contributed by atoms with Crippen LogP contribution in [-0.2, 0) is 4.79 Å². The summed E-state index contributed by atoms with van der Waals surface area (Å²) in [5.74, 6) is 0.0919. The first-order valence-electron chi connectivity index (χ1n) is 7.75. The molecule has 0 spiro atoms. The van der Waals surface area contributed by atoms with E-state index < -0.39 is 5.97 Å². The predicted octanol–water partition coefficient (Wildman–Crippen LogP) is 5.12. The lowest BCUT2D eigenvalue weighted by Crippen LogP contribution is -2.23. The molecule has 2 nitrogen and oxygen atoms in total. The van der Waals surface area contributed by atoms with Crippen molar-refractivity contribution in [2.24, 2.45) is 17.8 Å². The van der Waals surface area contributed by atoms with Crippen LogP contribution in [0.4, 0.5) is 0 Å². The van der Waals surface area contributed by atoms with E-state index in [0.717, 1.165) is 19.3 Å². The number of hydrogen-bond acceptors (Lipinski definition) is 1. The molecule has 2 heteroatoms. The summed E-state index contributed by atoms with van der Waals surface area (Å²) in [4.78, 5) is 11.3. The molecule has 0 aliphatic carbocycles. The van der Waals surface area contributed by atoms with Gasteiger partial charge in [-0.3, -0.25) is 4.79 Å². The molecule has 3 unspecified atom stereocenters. The zero-order valence-electron chi connectivity index (χ0n) is 12.7. The number of hydrogen-bond donors (Lipinski definition) is 1. The number of aliphatic carboxylic acids is 1. The van der Waals surface area contributed by atoms with Gasteiger partial charge in [0.25, 0.3) is 0 Å². The van der Waals surface area contributed by atoms with E-state index >= 15 is 0 Å². The van der Waals surface area contributed by atoms with Crippen molar-refractivity contribution >= 4 is 5.97 Å². The summed E-state index contributed by atoms with van der Waals surface area (Å²) in [6, 6.07) is 0. The number of rotatable bonds is 11. The minimum absolute atomic E-state index is 0.147. The monoisotopic (exact) mass is 256 g/mol. The third kappa shape index (κ3) is 7.73. The summed E-state index contributed by atoms with van der Waals surface area (Å²) in [5.41, 5.74) is 0. The van der Waals surface area contributed by atoms with Crippen molar-refractivity contribution in [3.8, 4) is 0 Å². The first-order chi connectivity index (χ1) is 8.52. The summed E-state index contributed by atoms with van der Waals surface area (Å²) < 4.78 is 0. The van der Waals surface area contributed by atoms with Crippen molar-refractivity contribution in [1.82, 2.24) is 0 Å². The van der Waals surface area contributed by atoms with Gasteiger partial charge in [0.05, 0.1) is 5.92 Å². The van der Waals surface area contributed by atoms with E-state index in [-0.39, 0.29) is 5.92 Å². The molecule has 0 aromatic heterocycles. The summed E-state index contributed by atoms with van der Waals surface area (Å²) in [5, 5.41) is 9.33. The Labute approximate surface area is 113 Å². The topological polar surface area (TPSA) is 37.3 Å². The van der Waals surface area contributed by atoms with E-state index in [9.17, 15) is 9.90 Å². The predicted molar refractivity (Wildman–Crippen MR) is 77.7 cm³/mol. The van der Waals surface area contributed by atoms with Crippen LogP contribution >= 0.6 is 0 Å². The molecule has 0 saturated heterocycles.